The Morgan fingerprint density at radius 1 is 0.769 bits per heavy atom. The molecule has 6 heteroatoms. The van der Waals surface area contributed by atoms with E-state index >= 15 is 0 Å². The van der Waals surface area contributed by atoms with Crippen molar-refractivity contribution in [2.75, 3.05) is 53.5 Å². The molecule has 214 valence electrons. The summed E-state index contributed by atoms with van der Waals surface area (Å²) in [6.07, 6.45) is 13.4. The summed E-state index contributed by atoms with van der Waals surface area (Å²) in [5.74, 6) is 0.954. The van der Waals surface area contributed by atoms with Gasteiger partial charge in [-0.2, -0.15) is 0 Å². The summed E-state index contributed by atoms with van der Waals surface area (Å²) in [5.41, 5.74) is 2.91. The van der Waals surface area contributed by atoms with Gasteiger partial charge in [0.15, 0.2) is 0 Å². The molecule has 0 N–H and O–H groups in total. The smallest absolute Gasteiger partial charge is 0.342 e. The van der Waals surface area contributed by atoms with Crippen LogP contribution in [-0.4, -0.2) is 69.3 Å². The van der Waals surface area contributed by atoms with Gasteiger partial charge < -0.3 is 24.0 Å². The molecule has 2 aliphatic heterocycles. The van der Waals surface area contributed by atoms with E-state index in [9.17, 15) is 4.79 Å². The number of benzene rings is 2. The van der Waals surface area contributed by atoms with Crippen LogP contribution in [0.5, 0.6) is 11.5 Å². The Balaban J connectivity index is 0.977. The lowest BCUT2D eigenvalue weighted by Crippen LogP contribution is -2.47. The molecule has 1 fully saturated rings. The standard InChI is InChI=1S/C33H48N2O4/c1-37-28-25-29-30(39-33(36)32(29)31(26-28)38-2)17-13-8-6-4-3-5-7-9-14-19-34-21-23-35(24-22-34)20-18-27-15-11-10-12-16-27/h10-12,15-16,25-26,30H,3-9,13-14,17-24H2,1-2H3. The molecule has 0 spiro atoms. The van der Waals surface area contributed by atoms with Gasteiger partial charge in [0.05, 0.1) is 14.2 Å². The summed E-state index contributed by atoms with van der Waals surface area (Å²) in [7, 11) is 3.20. The number of cyclic esters (lactones) is 1. The first-order chi connectivity index (χ1) is 19.2. The largest absolute Gasteiger partial charge is 0.497 e. The number of fused-ring (bicyclic) bond motifs is 1. The van der Waals surface area contributed by atoms with E-state index in [2.05, 4.69) is 40.1 Å². The topological polar surface area (TPSA) is 51.2 Å². The molecule has 0 bridgehead atoms. The Kier molecular flexibility index (Phi) is 12.0. The van der Waals surface area contributed by atoms with E-state index in [4.69, 9.17) is 14.2 Å². The van der Waals surface area contributed by atoms with Gasteiger partial charge in [-0.1, -0.05) is 75.3 Å². The molecule has 4 rings (SSSR count). The number of carbonyl (C=O) groups excluding carboxylic acids is 1. The number of nitrogens with zero attached hydrogens (tertiary/aromatic N) is 2. The van der Waals surface area contributed by atoms with Crippen molar-refractivity contribution in [3.63, 3.8) is 0 Å². The zero-order valence-electron chi connectivity index (χ0n) is 24.2. The van der Waals surface area contributed by atoms with Crippen LogP contribution >= 0.6 is 0 Å². The lowest BCUT2D eigenvalue weighted by Gasteiger charge is -2.34. The van der Waals surface area contributed by atoms with Crippen LogP contribution in [0.4, 0.5) is 0 Å². The lowest BCUT2D eigenvalue weighted by molar-refractivity contribution is 0.0361. The van der Waals surface area contributed by atoms with Crippen molar-refractivity contribution in [2.24, 2.45) is 0 Å². The normalized spacial score (nSPS) is 17.7. The van der Waals surface area contributed by atoms with E-state index in [-0.39, 0.29) is 12.1 Å². The Hall–Kier alpha value is -2.57. The summed E-state index contributed by atoms with van der Waals surface area (Å²) < 4.78 is 16.4. The molecule has 1 saturated heterocycles. The highest BCUT2D eigenvalue weighted by molar-refractivity contribution is 5.97. The van der Waals surface area contributed by atoms with Crippen LogP contribution in [0.3, 0.4) is 0 Å². The molecule has 2 aromatic rings. The fraction of sp³-hybridized carbons (Fsp3) is 0.606. The number of ether oxygens (including phenoxy) is 3. The van der Waals surface area contributed by atoms with E-state index < -0.39 is 0 Å². The van der Waals surface area contributed by atoms with Crippen molar-refractivity contribution in [1.29, 1.82) is 0 Å². The molecule has 0 radical (unpaired) electrons. The first kappa shape index (κ1) is 29.4. The molecule has 0 aromatic heterocycles. The monoisotopic (exact) mass is 536 g/mol. The second-order valence-electron chi connectivity index (χ2n) is 11.1. The van der Waals surface area contributed by atoms with E-state index in [1.54, 1.807) is 20.3 Å². The summed E-state index contributed by atoms with van der Waals surface area (Å²) in [6.45, 7) is 7.32. The van der Waals surface area contributed by atoms with Gasteiger partial charge in [0.1, 0.15) is 23.2 Å². The van der Waals surface area contributed by atoms with Crippen molar-refractivity contribution in [1.82, 2.24) is 9.80 Å². The Morgan fingerprint density at radius 3 is 2.03 bits per heavy atom. The Bertz CT molecular complexity index is 1000. The molecule has 6 nitrogen and oxygen atoms in total. The first-order valence-corrected chi connectivity index (χ1v) is 15.1. The van der Waals surface area contributed by atoms with Crippen LogP contribution in [-0.2, 0) is 11.2 Å². The predicted octanol–water partition coefficient (Wildman–Crippen LogP) is 6.68. The fourth-order valence-electron chi connectivity index (χ4n) is 5.90. The van der Waals surface area contributed by atoms with E-state index in [0.717, 1.165) is 24.8 Å². The van der Waals surface area contributed by atoms with Crippen LogP contribution in [0.1, 0.15) is 91.8 Å². The molecule has 2 aliphatic rings. The molecule has 0 saturated carbocycles. The van der Waals surface area contributed by atoms with Crippen LogP contribution in [0.25, 0.3) is 0 Å². The third kappa shape index (κ3) is 8.97. The minimum atomic E-state index is -0.282. The highest BCUT2D eigenvalue weighted by Gasteiger charge is 2.34. The quantitative estimate of drug-likeness (QED) is 0.166. The van der Waals surface area contributed by atoms with Crippen LogP contribution in [0.15, 0.2) is 42.5 Å². The number of hydrogen-bond acceptors (Lipinski definition) is 6. The van der Waals surface area contributed by atoms with Crippen molar-refractivity contribution in [2.45, 2.75) is 76.7 Å². The second kappa shape index (κ2) is 15.9. The van der Waals surface area contributed by atoms with E-state index in [0.29, 0.717) is 17.1 Å². The number of rotatable bonds is 17. The molecule has 0 amide bonds. The van der Waals surface area contributed by atoms with E-state index in [1.807, 2.05) is 6.07 Å². The van der Waals surface area contributed by atoms with Gasteiger partial charge in [-0.05, 0) is 43.9 Å². The average molecular weight is 537 g/mol. The van der Waals surface area contributed by atoms with Crippen LogP contribution in [0, 0.1) is 0 Å². The van der Waals surface area contributed by atoms with Gasteiger partial charge >= 0.3 is 5.97 Å². The minimum absolute atomic E-state index is 0.186. The van der Waals surface area contributed by atoms with E-state index in [1.165, 1.54) is 96.2 Å². The number of esters is 1. The lowest BCUT2D eigenvalue weighted by atomic mass is 9.98. The van der Waals surface area contributed by atoms with Gasteiger partial charge in [0.2, 0.25) is 0 Å². The molecular weight excluding hydrogens is 488 g/mol. The van der Waals surface area contributed by atoms with Crippen LogP contribution < -0.4 is 9.47 Å². The SMILES string of the molecule is COc1cc(OC)c2c(c1)C(CCCCCCCCCCCN1CCN(CCc3ccccc3)CC1)OC2=O. The summed E-state index contributed by atoms with van der Waals surface area (Å²) in [5, 5.41) is 0. The molecule has 2 heterocycles. The summed E-state index contributed by atoms with van der Waals surface area (Å²) in [6, 6.07) is 14.5. The van der Waals surface area contributed by atoms with Gasteiger partial charge in [-0.15, -0.1) is 0 Å². The Morgan fingerprint density at radius 2 is 1.38 bits per heavy atom. The average Bonchev–Trinajstić information content (AvgIpc) is 3.30. The molecule has 1 unspecified atom stereocenters. The molecule has 2 aromatic carbocycles. The highest BCUT2D eigenvalue weighted by atomic mass is 16.6. The van der Waals surface area contributed by atoms with Crippen molar-refractivity contribution in [3.05, 3.63) is 59.2 Å². The minimum Gasteiger partial charge on any atom is -0.497 e. The zero-order chi connectivity index (χ0) is 27.3. The van der Waals surface area contributed by atoms with Crippen molar-refractivity contribution < 1.29 is 19.0 Å². The van der Waals surface area contributed by atoms with Gasteiger partial charge in [0.25, 0.3) is 0 Å². The first-order valence-electron chi connectivity index (χ1n) is 15.1. The number of piperazine rings is 1. The number of hydrogen-bond donors (Lipinski definition) is 0. The van der Waals surface area contributed by atoms with Crippen LogP contribution in [0.2, 0.25) is 0 Å². The third-order valence-corrected chi connectivity index (χ3v) is 8.33. The maximum atomic E-state index is 12.4. The molecular formula is C33H48N2O4. The maximum absolute atomic E-state index is 12.4. The summed E-state index contributed by atoms with van der Waals surface area (Å²) in [4.78, 5) is 17.6. The number of methoxy groups -OCH3 is 2. The third-order valence-electron chi connectivity index (χ3n) is 8.33. The number of carbonyl (C=O) groups is 1. The van der Waals surface area contributed by atoms with Gasteiger partial charge in [0, 0.05) is 44.4 Å². The molecule has 0 aliphatic carbocycles. The predicted molar refractivity (Wildman–Crippen MR) is 157 cm³/mol. The van der Waals surface area contributed by atoms with Gasteiger partial charge in [-0.25, -0.2) is 4.79 Å². The summed E-state index contributed by atoms with van der Waals surface area (Å²) >= 11 is 0. The molecule has 1 atom stereocenters. The van der Waals surface area contributed by atoms with Gasteiger partial charge in [-0.3, -0.25) is 0 Å². The van der Waals surface area contributed by atoms with Crippen molar-refractivity contribution in [3.8, 4) is 11.5 Å². The fourth-order valence-corrected chi connectivity index (χ4v) is 5.90. The Labute approximate surface area is 235 Å². The number of unbranched alkanes of at least 4 members (excludes halogenated alkanes) is 8. The highest BCUT2D eigenvalue weighted by Crippen LogP contribution is 2.41. The second-order valence-corrected chi connectivity index (χ2v) is 11.1. The zero-order valence-corrected chi connectivity index (χ0v) is 24.2. The molecule has 39 heavy (non-hydrogen) atoms. The maximum Gasteiger partial charge on any atom is 0.342 e. The van der Waals surface area contributed by atoms with Crippen molar-refractivity contribution >= 4 is 5.97 Å².